The lowest BCUT2D eigenvalue weighted by molar-refractivity contribution is -0.151. The predicted octanol–water partition coefficient (Wildman–Crippen LogP) is 4.97. The minimum absolute atomic E-state index is 0.227. The van der Waals surface area contributed by atoms with Crippen molar-refractivity contribution in [2.24, 2.45) is 5.92 Å². The Labute approximate surface area is 158 Å². The molecule has 0 aromatic heterocycles. The SMILES string of the molecule is CCOC(=O)[C@@H]1C(=O)C=C(c2ccc(C)cc2)C[C@@H]1c1ccccc1Cl. The predicted molar refractivity (Wildman–Crippen MR) is 103 cm³/mol. The van der Waals surface area contributed by atoms with Gasteiger partial charge in [-0.25, -0.2) is 0 Å². The summed E-state index contributed by atoms with van der Waals surface area (Å²) in [5.74, 6) is -1.91. The second-order valence-corrected chi connectivity index (χ2v) is 6.91. The number of hydrogen-bond acceptors (Lipinski definition) is 3. The molecule has 2 atom stereocenters. The molecule has 0 spiro atoms. The first kappa shape index (κ1) is 18.4. The van der Waals surface area contributed by atoms with Gasteiger partial charge < -0.3 is 4.74 Å². The minimum atomic E-state index is -0.857. The number of halogens is 1. The maximum Gasteiger partial charge on any atom is 0.317 e. The zero-order valence-corrected chi connectivity index (χ0v) is 15.6. The molecular formula is C22H21ClO3. The Hall–Kier alpha value is -2.39. The van der Waals surface area contributed by atoms with E-state index in [-0.39, 0.29) is 18.3 Å². The van der Waals surface area contributed by atoms with Gasteiger partial charge in [-0.1, -0.05) is 59.6 Å². The van der Waals surface area contributed by atoms with Crippen LogP contribution in [0.5, 0.6) is 0 Å². The van der Waals surface area contributed by atoms with Crippen molar-refractivity contribution in [2.75, 3.05) is 6.61 Å². The molecule has 1 aliphatic rings. The Kier molecular flexibility index (Phi) is 5.58. The summed E-state index contributed by atoms with van der Waals surface area (Å²) in [5.41, 5.74) is 3.87. The van der Waals surface area contributed by atoms with Gasteiger partial charge in [0.25, 0.3) is 0 Å². The second-order valence-electron chi connectivity index (χ2n) is 6.50. The van der Waals surface area contributed by atoms with E-state index >= 15 is 0 Å². The van der Waals surface area contributed by atoms with Crippen LogP contribution in [0.3, 0.4) is 0 Å². The molecule has 0 aliphatic heterocycles. The van der Waals surface area contributed by atoms with Gasteiger partial charge in [-0.15, -0.1) is 0 Å². The van der Waals surface area contributed by atoms with Crippen LogP contribution < -0.4 is 0 Å². The molecule has 3 rings (SSSR count). The van der Waals surface area contributed by atoms with E-state index in [4.69, 9.17) is 16.3 Å². The Morgan fingerprint density at radius 3 is 2.50 bits per heavy atom. The van der Waals surface area contributed by atoms with Crippen molar-refractivity contribution in [1.82, 2.24) is 0 Å². The van der Waals surface area contributed by atoms with Crippen LogP contribution in [0.4, 0.5) is 0 Å². The van der Waals surface area contributed by atoms with Gasteiger partial charge in [0, 0.05) is 10.9 Å². The summed E-state index contributed by atoms with van der Waals surface area (Å²) in [5, 5.41) is 0.560. The highest BCUT2D eigenvalue weighted by atomic mass is 35.5. The van der Waals surface area contributed by atoms with E-state index in [0.29, 0.717) is 11.4 Å². The molecular weight excluding hydrogens is 348 g/mol. The van der Waals surface area contributed by atoms with E-state index < -0.39 is 11.9 Å². The van der Waals surface area contributed by atoms with E-state index in [1.54, 1.807) is 19.1 Å². The van der Waals surface area contributed by atoms with Crippen LogP contribution >= 0.6 is 11.6 Å². The highest BCUT2D eigenvalue weighted by molar-refractivity contribution is 6.31. The van der Waals surface area contributed by atoms with Gasteiger partial charge in [0.1, 0.15) is 5.92 Å². The van der Waals surface area contributed by atoms with Crippen molar-refractivity contribution < 1.29 is 14.3 Å². The molecule has 0 fully saturated rings. The van der Waals surface area contributed by atoms with Crippen molar-refractivity contribution in [3.63, 3.8) is 0 Å². The zero-order chi connectivity index (χ0) is 18.7. The summed E-state index contributed by atoms with van der Waals surface area (Å²) >= 11 is 6.38. The van der Waals surface area contributed by atoms with Gasteiger partial charge in [0.05, 0.1) is 6.61 Å². The number of benzene rings is 2. The fourth-order valence-electron chi connectivity index (χ4n) is 3.42. The van der Waals surface area contributed by atoms with Crippen LogP contribution in [0.15, 0.2) is 54.6 Å². The lowest BCUT2D eigenvalue weighted by atomic mass is 9.73. The molecule has 0 saturated carbocycles. The number of hydrogen-bond donors (Lipinski definition) is 0. The smallest absolute Gasteiger partial charge is 0.317 e. The summed E-state index contributed by atoms with van der Waals surface area (Å²) in [4.78, 5) is 25.3. The van der Waals surface area contributed by atoms with Crippen LogP contribution in [0.25, 0.3) is 5.57 Å². The molecule has 4 heteroatoms. The first-order valence-corrected chi connectivity index (χ1v) is 9.11. The van der Waals surface area contributed by atoms with E-state index in [0.717, 1.165) is 22.3 Å². The molecule has 134 valence electrons. The molecule has 26 heavy (non-hydrogen) atoms. The molecule has 2 aromatic carbocycles. The molecule has 0 amide bonds. The van der Waals surface area contributed by atoms with Gasteiger partial charge in [-0.2, -0.15) is 0 Å². The standard InChI is InChI=1S/C22H21ClO3/c1-3-26-22(25)21-18(17-6-4-5-7-19(17)23)12-16(13-20(21)24)15-10-8-14(2)9-11-15/h4-11,13,18,21H,3,12H2,1-2H3/t18-,21+/m1/s1. The molecule has 0 bridgehead atoms. The van der Waals surface area contributed by atoms with Crippen LogP contribution in [0.1, 0.15) is 36.0 Å². The highest BCUT2D eigenvalue weighted by Gasteiger charge is 2.40. The number of esters is 1. The van der Waals surface area contributed by atoms with Crippen LogP contribution in [0.2, 0.25) is 5.02 Å². The molecule has 3 nitrogen and oxygen atoms in total. The summed E-state index contributed by atoms with van der Waals surface area (Å²) in [7, 11) is 0. The average molecular weight is 369 g/mol. The number of carbonyl (C=O) groups is 2. The van der Waals surface area contributed by atoms with Crippen LogP contribution in [0, 0.1) is 12.8 Å². The zero-order valence-electron chi connectivity index (χ0n) is 14.9. The topological polar surface area (TPSA) is 43.4 Å². The van der Waals surface area contributed by atoms with Gasteiger partial charge in [0.2, 0.25) is 0 Å². The maximum absolute atomic E-state index is 12.8. The summed E-state index contributed by atoms with van der Waals surface area (Å²) in [6.07, 6.45) is 2.14. The number of ether oxygens (including phenoxy) is 1. The third-order valence-electron chi connectivity index (χ3n) is 4.73. The fraction of sp³-hybridized carbons (Fsp3) is 0.273. The van der Waals surface area contributed by atoms with Crippen molar-refractivity contribution in [3.8, 4) is 0 Å². The first-order chi connectivity index (χ1) is 12.5. The Morgan fingerprint density at radius 2 is 1.85 bits per heavy atom. The average Bonchev–Trinajstić information content (AvgIpc) is 2.62. The largest absolute Gasteiger partial charge is 0.465 e. The van der Waals surface area contributed by atoms with Gasteiger partial charge in [-0.3, -0.25) is 9.59 Å². The van der Waals surface area contributed by atoms with Crippen molar-refractivity contribution in [1.29, 1.82) is 0 Å². The van der Waals surface area contributed by atoms with E-state index in [1.807, 2.05) is 49.4 Å². The molecule has 0 N–H and O–H groups in total. The maximum atomic E-state index is 12.8. The number of carbonyl (C=O) groups excluding carboxylic acids is 2. The highest BCUT2D eigenvalue weighted by Crippen LogP contribution is 2.42. The third kappa shape index (κ3) is 3.73. The van der Waals surface area contributed by atoms with E-state index in [1.165, 1.54) is 0 Å². The van der Waals surface area contributed by atoms with E-state index in [9.17, 15) is 9.59 Å². The van der Waals surface area contributed by atoms with Gasteiger partial charge >= 0.3 is 5.97 Å². The number of aryl methyl sites for hydroxylation is 1. The van der Waals surface area contributed by atoms with Crippen molar-refractivity contribution >= 4 is 28.9 Å². The quantitative estimate of drug-likeness (QED) is 0.565. The van der Waals surface area contributed by atoms with Crippen LogP contribution in [-0.4, -0.2) is 18.4 Å². The normalized spacial score (nSPS) is 19.8. The molecule has 0 saturated heterocycles. The number of ketones is 1. The second kappa shape index (κ2) is 7.88. The lowest BCUT2D eigenvalue weighted by Gasteiger charge is -2.30. The summed E-state index contributed by atoms with van der Waals surface area (Å²) < 4.78 is 5.17. The van der Waals surface area contributed by atoms with Crippen molar-refractivity contribution in [3.05, 3.63) is 76.3 Å². The van der Waals surface area contributed by atoms with Gasteiger partial charge in [-0.05, 0) is 49.1 Å². The minimum Gasteiger partial charge on any atom is -0.465 e. The lowest BCUT2D eigenvalue weighted by Crippen LogP contribution is -2.34. The summed E-state index contributed by atoms with van der Waals surface area (Å²) in [6.45, 7) is 4.00. The molecule has 0 radical (unpaired) electrons. The van der Waals surface area contributed by atoms with Crippen molar-refractivity contribution in [2.45, 2.75) is 26.2 Å². The monoisotopic (exact) mass is 368 g/mol. The molecule has 1 aliphatic carbocycles. The van der Waals surface area contributed by atoms with Gasteiger partial charge in [0.15, 0.2) is 5.78 Å². The van der Waals surface area contributed by atoms with Crippen LogP contribution in [-0.2, 0) is 14.3 Å². The number of allylic oxidation sites excluding steroid dienone is 2. The Morgan fingerprint density at radius 1 is 1.15 bits per heavy atom. The molecule has 0 unspecified atom stereocenters. The first-order valence-electron chi connectivity index (χ1n) is 8.73. The summed E-state index contributed by atoms with van der Waals surface area (Å²) in [6, 6.07) is 15.4. The number of rotatable bonds is 4. The van der Waals surface area contributed by atoms with E-state index in [2.05, 4.69) is 0 Å². The molecule has 0 heterocycles. The fourth-order valence-corrected chi connectivity index (χ4v) is 3.70. The Bertz CT molecular complexity index is 852. The Balaban J connectivity index is 2.04. The third-order valence-corrected chi connectivity index (χ3v) is 5.08. The molecule has 2 aromatic rings.